The van der Waals surface area contributed by atoms with Crippen LogP contribution in [0.25, 0.3) is 0 Å². The van der Waals surface area contributed by atoms with Gasteiger partial charge in [-0.2, -0.15) is 0 Å². The van der Waals surface area contributed by atoms with Crippen LogP contribution >= 0.6 is 22.9 Å². The van der Waals surface area contributed by atoms with Gasteiger partial charge in [0.1, 0.15) is 11.5 Å². The van der Waals surface area contributed by atoms with Crippen LogP contribution in [0.4, 0.5) is 5.82 Å². The van der Waals surface area contributed by atoms with E-state index in [2.05, 4.69) is 15.7 Å². The molecule has 0 fully saturated rings. The molecule has 2 heterocycles. The molecule has 0 spiro atoms. The Hall–Kier alpha value is -1.63. The van der Waals surface area contributed by atoms with Crippen molar-refractivity contribution in [2.45, 2.75) is 13.5 Å². The van der Waals surface area contributed by atoms with E-state index >= 15 is 0 Å². The van der Waals surface area contributed by atoms with Crippen LogP contribution in [0.1, 0.15) is 20.9 Å². The molecule has 0 saturated carbocycles. The van der Waals surface area contributed by atoms with Crippen molar-refractivity contribution in [3.05, 3.63) is 44.7 Å². The Bertz CT molecular complexity index is 599. The Labute approximate surface area is 119 Å². The summed E-state index contributed by atoms with van der Waals surface area (Å²) in [5, 5.41) is 5.07. The minimum Gasteiger partial charge on any atom is -0.346 e. The van der Waals surface area contributed by atoms with Crippen LogP contribution in [0, 0.1) is 6.92 Å². The topological polar surface area (TPSA) is 80.0 Å². The summed E-state index contributed by atoms with van der Waals surface area (Å²) in [5.41, 5.74) is 3.69. The summed E-state index contributed by atoms with van der Waals surface area (Å²) < 4.78 is 0. The van der Waals surface area contributed by atoms with Gasteiger partial charge in [-0.25, -0.2) is 10.8 Å². The van der Waals surface area contributed by atoms with Gasteiger partial charge in [-0.05, 0) is 36.1 Å². The number of hydrogen-bond donors (Lipinski definition) is 3. The van der Waals surface area contributed by atoms with Crippen LogP contribution in [0.15, 0.2) is 23.6 Å². The van der Waals surface area contributed by atoms with Crippen LogP contribution in [0.3, 0.4) is 0 Å². The van der Waals surface area contributed by atoms with Crippen molar-refractivity contribution < 1.29 is 4.79 Å². The molecule has 0 atom stereocenters. The van der Waals surface area contributed by atoms with Crippen LogP contribution in [0.5, 0.6) is 0 Å². The zero-order valence-electron chi connectivity index (χ0n) is 10.2. The van der Waals surface area contributed by atoms with Gasteiger partial charge in [0.2, 0.25) is 0 Å². The number of nitrogens with one attached hydrogen (secondary N) is 2. The monoisotopic (exact) mass is 296 g/mol. The SMILES string of the molecule is Cc1ccsc1CNC(=O)c1nc(NN)ccc1Cl. The van der Waals surface area contributed by atoms with Gasteiger partial charge < -0.3 is 10.7 Å². The summed E-state index contributed by atoms with van der Waals surface area (Å²) in [5.74, 6) is 5.32. The second-order valence-electron chi connectivity index (χ2n) is 3.88. The maximum atomic E-state index is 12.0. The van der Waals surface area contributed by atoms with Crippen LogP contribution < -0.4 is 16.6 Å². The first-order valence-corrected chi connectivity index (χ1v) is 6.82. The molecule has 0 bridgehead atoms. The fourth-order valence-corrected chi connectivity index (χ4v) is 2.55. The second kappa shape index (κ2) is 6.01. The number of nitrogen functional groups attached to an aromatic ring is 1. The summed E-state index contributed by atoms with van der Waals surface area (Å²) >= 11 is 7.55. The molecule has 4 N–H and O–H groups in total. The first kappa shape index (κ1) is 13.8. The van der Waals surface area contributed by atoms with E-state index in [4.69, 9.17) is 17.4 Å². The highest BCUT2D eigenvalue weighted by Crippen LogP contribution is 2.18. The molecule has 0 aromatic carbocycles. The summed E-state index contributed by atoms with van der Waals surface area (Å²) in [7, 11) is 0. The van der Waals surface area contributed by atoms with Crippen LogP contribution in [-0.4, -0.2) is 10.9 Å². The van der Waals surface area contributed by atoms with Gasteiger partial charge in [0, 0.05) is 4.88 Å². The molecule has 0 unspecified atom stereocenters. The lowest BCUT2D eigenvalue weighted by Crippen LogP contribution is -2.24. The molecule has 5 nitrogen and oxygen atoms in total. The third-order valence-corrected chi connectivity index (χ3v) is 3.91. The van der Waals surface area contributed by atoms with E-state index in [-0.39, 0.29) is 11.6 Å². The number of aromatic nitrogens is 1. The quantitative estimate of drug-likeness (QED) is 0.597. The van der Waals surface area contributed by atoms with Crippen molar-refractivity contribution in [3.63, 3.8) is 0 Å². The number of carbonyl (C=O) groups is 1. The van der Waals surface area contributed by atoms with Gasteiger partial charge in [0.15, 0.2) is 0 Å². The highest BCUT2D eigenvalue weighted by molar-refractivity contribution is 7.10. The summed E-state index contributed by atoms with van der Waals surface area (Å²) in [4.78, 5) is 17.2. The number of rotatable bonds is 4. The number of halogens is 1. The molecule has 1 amide bonds. The number of pyridine rings is 1. The third-order valence-electron chi connectivity index (χ3n) is 2.59. The normalized spacial score (nSPS) is 10.3. The van der Waals surface area contributed by atoms with E-state index in [0.29, 0.717) is 17.4 Å². The zero-order chi connectivity index (χ0) is 13.8. The highest BCUT2D eigenvalue weighted by atomic mass is 35.5. The van der Waals surface area contributed by atoms with Gasteiger partial charge in [-0.15, -0.1) is 11.3 Å². The van der Waals surface area contributed by atoms with Crippen molar-refractivity contribution in [1.82, 2.24) is 10.3 Å². The second-order valence-corrected chi connectivity index (χ2v) is 5.29. The van der Waals surface area contributed by atoms with Gasteiger partial charge in [0.05, 0.1) is 11.6 Å². The Kier molecular flexibility index (Phi) is 4.36. The molecule has 19 heavy (non-hydrogen) atoms. The predicted octanol–water partition coefficient (Wildman–Crippen LogP) is 2.32. The Morgan fingerprint density at radius 1 is 1.47 bits per heavy atom. The first-order valence-electron chi connectivity index (χ1n) is 5.56. The average molecular weight is 297 g/mol. The highest BCUT2D eigenvalue weighted by Gasteiger charge is 2.13. The van der Waals surface area contributed by atoms with Crippen molar-refractivity contribution in [1.29, 1.82) is 0 Å². The summed E-state index contributed by atoms with van der Waals surface area (Å²) in [6.07, 6.45) is 0. The van der Waals surface area contributed by atoms with E-state index in [0.717, 1.165) is 10.4 Å². The molecule has 2 aromatic heterocycles. The van der Waals surface area contributed by atoms with Crippen LogP contribution in [-0.2, 0) is 6.54 Å². The average Bonchev–Trinajstić information content (AvgIpc) is 2.82. The maximum Gasteiger partial charge on any atom is 0.271 e. The fourth-order valence-electron chi connectivity index (χ4n) is 1.51. The molecule has 0 aliphatic rings. The Morgan fingerprint density at radius 2 is 2.26 bits per heavy atom. The first-order chi connectivity index (χ1) is 9.11. The molecule has 2 aromatic rings. The number of carbonyl (C=O) groups excluding carboxylic acids is 1. The van der Waals surface area contributed by atoms with Crippen molar-refractivity contribution >= 4 is 34.7 Å². The number of thiophene rings is 1. The number of nitrogens with zero attached hydrogens (tertiary/aromatic N) is 1. The maximum absolute atomic E-state index is 12.0. The summed E-state index contributed by atoms with van der Waals surface area (Å²) in [6, 6.07) is 5.19. The van der Waals surface area contributed by atoms with E-state index < -0.39 is 0 Å². The number of hydrazine groups is 1. The minimum absolute atomic E-state index is 0.159. The van der Waals surface area contributed by atoms with Gasteiger partial charge in [-0.3, -0.25) is 4.79 Å². The molecule has 100 valence electrons. The van der Waals surface area contributed by atoms with E-state index in [1.165, 1.54) is 0 Å². The van der Waals surface area contributed by atoms with Gasteiger partial charge in [0.25, 0.3) is 5.91 Å². The molecule has 0 aliphatic carbocycles. The standard InChI is InChI=1S/C12H13ClN4OS/c1-7-4-5-19-9(7)6-15-12(18)11-8(13)2-3-10(16-11)17-14/h2-5H,6,14H2,1H3,(H,15,18)(H,16,17). The smallest absolute Gasteiger partial charge is 0.271 e. The third kappa shape index (κ3) is 3.23. The van der Waals surface area contributed by atoms with Crippen molar-refractivity contribution in [2.24, 2.45) is 5.84 Å². The molecule has 0 radical (unpaired) electrons. The van der Waals surface area contributed by atoms with Crippen LogP contribution in [0.2, 0.25) is 5.02 Å². The zero-order valence-corrected chi connectivity index (χ0v) is 11.8. The minimum atomic E-state index is -0.324. The van der Waals surface area contributed by atoms with Gasteiger partial charge >= 0.3 is 0 Å². The number of anilines is 1. The number of hydrogen-bond acceptors (Lipinski definition) is 5. The number of aryl methyl sites for hydroxylation is 1. The Balaban J connectivity index is 2.10. The fraction of sp³-hybridized carbons (Fsp3) is 0.167. The predicted molar refractivity (Wildman–Crippen MR) is 77.3 cm³/mol. The molecule has 0 aliphatic heterocycles. The van der Waals surface area contributed by atoms with Gasteiger partial charge in [-0.1, -0.05) is 11.6 Å². The largest absolute Gasteiger partial charge is 0.346 e. The van der Waals surface area contributed by atoms with E-state index in [1.807, 2.05) is 18.4 Å². The molecule has 2 rings (SSSR count). The Morgan fingerprint density at radius 3 is 2.89 bits per heavy atom. The molecule has 7 heteroatoms. The lowest BCUT2D eigenvalue weighted by atomic mass is 10.3. The molecule has 0 saturated heterocycles. The van der Waals surface area contributed by atoms with E-state index in [9.17, 15) is 4.79 Å². The lowest BCUT2D eigenvalue weighted by molar-refractivity contribution is 0.0946. The summed E-state index contributed by atoms with van der Waals surface area (Å²) in [6.45, 7) is 2.46. The van der Waals surface area contributed by atoms with Crippen molar-refractivity contribution in [2.75, 3.05) is 5.43 Å². The number of amides is 1. The molecular formula is C12H13ClN4OS. The lowest BCUT2D eigenvalue weighted by Gasteiger charge is -2.07. The van der Waals surface area contributed by atoms with Crippen molar-refractivity contribution in [3.8, 4) is 0 Å². The van der Waals surface area contributed by atoms with E-state index in [1.54, 1.807) is 23.5 Å². The number of nitrogens with two attached hydrogens (primary N) is 1. The molecular weight excluding hydrogens is 284 g/mol.